The van der Waals surface area contributed by atoms with Crippen molar-refractivity contribution in [3.8, 4) is 0 Å². The van der Waals surface area contributed by atoms with Crippen LogP contribution >= 0.6 is 0 Å². The van der Waals surface area contributed by atoms with E-state index in [0.717, 1.165) is 45.8 Å². The molecule has 1 aliphatic heterocycles. The summed E-state index contributed by atoms with van der Waals surface area (Å²) in [5.41, 5.74) is 5.94. The van der Waals surface area contributed by atoms with Gasteiger partial charge in [-0.2, -0.15) is 0 Å². The smallest absolute Gasteiger partial charge is 0.120 e. The van der Waals surface area contributed by atoms with Crippen LogP contribution in [-0.2, 0) is 4.74 Å². The Kier molecular flexibility index (Phi) is 6.99. The van der Waals surface area contributed by atoms with E-state index in [9.17, 15) is 5.11 Å². The summed E-state index contributed by atoms with van der Waals surface area (Å²) >= 11 is 0. The predicted octanol–water partition coefficient (Wildman–Crippen LogP) is -0.400. The monoisotopic (exact) mass is 245 g/mol. The SMILES string of the molecule is CCC(C)C(N)C(O)NCCN1CCOCC1. The van der Waals surface area contributed by atoms with Crippen molar-refractivity contribution in [3.05, 3.63) is 0 Å². The summed E-state index contributed by atoms with van der Waals surface area (Å²) in [7, 11) is 0. The molecule has 0 aromatic heterocycles. The molecule has 1 aliphatic rings. The van der Waals surface area contributed by atoms with Crippen LogP contribution in [0, 0.1) is 5.92 Å². The first-order valence-electron chi connectivity index (χ1n) is 6.62. The second kappa shape index (κ2) is 8.00. The molecule has 1 rings (SSSR count). The van der Waals surface area contributed by atoms with Crippen LogP contribution in [0.3, 0.4) is 0 Å². The van der Waals surface area contributed by atoms with E-state index >= 15 is 0 Å². The van der Waals surface area contributed by atoms with Crippen molar-refractivity contribution < 1.29 is 9.84 Å². The molecule has 5 nitrogen and oxygen atoms in total. The minimum Gasteiger partial charge on any atom is -0.379 e. The van der Waals surface area contributed by atoms with Crippen LogP contribution in [0.2, 0.25) is 0 Å². The first-order valence-corrected chi connectivity index (χ1v) is 6.62. The van der Waals surface area contributed by atoms with Gasteiger partial charge in [0.15, 0.2) is 0 Å². The van der Waals surface area contributed by atoms with Gasteiger partial charge in [-0.15, -0.1) is 0 Å². The van der Waals surface area contributed by atoms with Crippen molar-refractivity contribution >= 4 is 0 Å². The number of morpholine rings is 1. The molecule has 17 heavy (non-hydrogen) atoms. The number of nitrogens with one attached hydrogen (secondary N) is 1. The lowest BCUT2D eigenvalue weighted by molar-refractivity contribution is 0.0332. The minimum absolute atomic E-state index is 0.190. The summed E-state index contributed by atoms with van der Waals surface area (Å²) in [4.78, 5) is 2.33. The van der Waals surface area contributed by atoms with Crippen molar-refractivity contribution in [2.24, 2.45) is 11.7 Å². The van der Waals surface area contributed by atoms with E-state index in [0.29, 0.717) is 5.92 Å². The van der Waals surface area contributed by atoms with Crippen LogP contribution in [0.4, 0.5) is 0 Å². The number of hydrogen-bond donors (Lipinski definition) is 3. The van der Waals surface area contributed by atoms with E-state index < -0.39 is 6.23 Å². The van der Waals surface area contributed by atoms with Gasteiger partial charge in [0.25, 0.3) is 0 Å². The lowest BCUT2D eigenvalue weighted by Crippen LogP contribution is -2.50. The summed E-state index contributed by atoms with van der Waals surface area (Å²) in [5, 5.41) is 13.0. The highest BCUT2D eigenvalue weighted by molar-refractivity contribution is 4.75. The van der Waals surface area contributed by atoms with Gasteiger partial charge in [0, 0.05) is 32.2 Å². The van der Waals surface area contributed by atoms with Crippen LogP contribution < -0.4 is 11.1 Å². The molecule has 102 valence electrons. The Morgan fingerprint density at radius 3 is 2.65 bits per heavy atom. The largest absolute Gasteiger partial charge is 0.379 e. The van der Waals surface area contributed by atoms with Crippen molar-refractivity contribution in [3.63, 3.8) is 0 Å². The quantitative estimate of drug-likeness (QED) is 0.532. The van der Waals surface area contributed by atoms with E-state index in [4.69, 9.17) is 10.5 Å². The molecule has 5 heteroatoms. The minimum atomic E-state index is -0.606. The van der Waals surface area contributed by atoms with Gasteiger partial charge in [0.2, 0.25) is 0 Å². The zero-order chi connectivity index (χ0) is 12.7. The van der Waals surface area contributed by atoms with Gasteiger partial charge in [-0.25, -0.2) is 0 Å². The predicted molar refractivity (Wildman–Crippen MR) is 68.7 cm³/mol. The van der Waals surface area contributed by atoms with Gasteiger partial charge in [-0.3, -0.25) is 10.2 Å². The molecule has 0 radical (unpaired) electrons. The Hall–Kier alpha value is -0.200. The fraction of sp³-hybridized carbons (Fsp3) is 1.00. The van der Waals surface area contributed by atoms with Gasteiger partial charge in [0.05, 0.1) is 13.2 Å². The number of rotatable bonds is 7. The summed E-state index contributed by atoms with van der Waals surface area (Å²) < 4.78 is 5.28. The standard InChI is InChI=1S/C12H27N3O2/c1-3-10(2)11(13)12(16)14-4-5-15-6-8-17-9-7-15/h10-12,14,16H,3-9,13H2,1-2H3. The molecule has 4 N–H and O–H groups in total. The second-order valence-corrected chi connectivity index (χ2v) is 4.82. The maximum atomic E-state index is 9.87. The number of nitrogens with zero attached hydrogens (tertiary/aromatic N) is 1. The molecule has 0 amide bonds. The van der Waals surface area contributed by atoms with Gasteiger partial charge in [0.1, 0.15) is 6.23 Å². The maximum absolute atomic E-state index is 9.87. The lowest BCUT2D eigenvalue weighted by Gasteiger charge is -2.29. The van der Waals surface area contributed by atoms with E-state index in [1.807, 2.05) is 0 Å². The van der Waals surface area contributed by atoms with Gasteiger partial charge < -0.3 is 15.6 Å². The van der Waals surface area contributed by atoms with E-state index in [2.05, 4.69) is 24.1 Å². The molecule has 1 fully saturated rings. The molecule has 0 spiro atoms. The molecule has 0 aliphatic carbocycles. The Balaban J connectivity index is 2.12. The third-order valence-electron chi connectivity index (χ3n) is 3.55. The first kappa shape index (κ1) is 14.9. The van der Waals surface area contributed by atoms with E-state index in [1.165, 1.54) is 0 Å². The zero-order valence-corrected chi connectivity index (χ0v) is 11.1. The van der Waals surface area contributed by atoms with E-state index in [-0.39, 0.29) is 6.04 Å². The third kappa shape index (κ3) is 5.31. The molecule has 1 saturated heterocycles. The van der Waals surface area contributed by atoms with Crippen LogP contribution in [0.5, 0.6) is 0 Å². The molecule has 1 heterocycles. The highest BCUT2D eigenvalue weighted by Gasteiger charge is 2.19. The van der Waals surface area contributed by atoms with E-state index in [1.54, 1.807) is 0 Å². The second-order valence-electron chi connectivity index (χ2n) is 4.82. The van der Waals surface area contributed by atoms with Crippen molar-refractivity contribution in [2.45, 2.75) is 32.5 Å². The van der Waals surface area contributed by atoms with Crippen LogP contribution in [0.15, 0.2) is 0 Å². The fourth-order valence-corrected chi connectivity index (χ4v) is 1.91. The maximum Gasteiger partial charge on any atom is 0.120 e. The van der Waals surface area contributed by atoms with Crippen LogP contribution in [0.1, 0.15) is 20.3 Å². The highest BCUT2D eigenvalue weighted by Crippen LogP contribution is 2.07. The van der Waals surface area contributed by atoms with Crippen molar-refractivity contribution in [1.29, 1.82) is 0 Å². The molecule has 3 unspecified atom stereocenters. The number of aliphatic hydroxyl groups is 1. The normalized spacial score (nSPS) is 23.3. The molecule has 0 saturated carbocycles. The van der Waals surface area contributed by atoms with Gasteiger partial charge >= 0.3 is 0 Å². The molecule has 0 bridgehead atoms. The van der Waals surface area contributed by atoms with Gasteiger partial charge in [-0.05, 0) is 5.92 Å². The molecule has 0 aromatic rings. The summed E-state index contributed by atoms with van der Waals surface area (Å²) in [6, 6.07) is -0.190. The highest BCUT2D eigenvalue weighted by atomic mass is 16.5. The van der Waals surface area contributed by atoms with Crippen molar-refractivity contribution in [1.82, 2.24) is 10.2 Å². The average Bonchev–Trinajstić information content (AvgIpc) is 2.38. The Morgan fingerprint density at radius 2 is 2.06 bits per heavy atom. The number of ether oxygens (including phenoxy) is 1. The summed E-state index contributed by atoms with van der Waals surface area (Å²) in [6.45, 7) is 9.45. The number of nitrogens with two attached hydrogens (primary N) is 1. The summed E-state index contributed by atoms with van der Waals surface area (Å²) in [5.74, 6) is 0.334. The Labute approximate surface area is 104 Å². The summed E-state index contributed by atoms with van der Waals surface area (Å²) in [6.07, 6.45) is 0.384. The fourth-order valence-electron chi connectivity index (χ4n) is 1.91. The number of hydrogen-bond acceptors (Lipinski definition) is 5. The van der Waals surface area contributed by atoms with Crippen molar-refractivity contribution in [2.75, 3.05) is 39.4 Å². The molecule has 3 atom stereocenters. The Morgan fingerprint density at radius 1 is 1.41 bits per heavy atom. The third-order valence-corrected chi connectivity index (χ3v) is 3.55. The van der Waals surface area contributed by atoms with Crippen LogP contribution in [0.25, 0.3) is 0 Å². The zero-order valence-electron chi connectivity index (χ0n) is 11.1. The first-order chi connectivity index (χ1) is 8.15. The number of aliphatic hydroxyl groups excluding tert-OH is 1. The van der Waals surface area contributed by atoms with Crippen LogP contribution in [-0.4, -0.2) is 61.7 Å². The Bertz CT molecular complexity index is 198. The topological polar surface area (TPSA) is 70.8 Å². The molecular weight excluding hydrogens is 218 g/mol. The molecular formula is C12H27N3O2. The van der Waals surface area contributed by atoms with Gasteiger partial charge in [-0.1, -0.05) is 20.3 Å². The average molecular weight is 245 g/mol. The molecule has 0 aromatic carbocycles. The lowest BCUT2D eigenvalue weighted by atomic mass is 9.99.